The Morgan fingerprint density at radius 3 is 2.76 bits per heavy atom. The number of carbonyl (C=O) groups is 1. The second-order valence-corrected chi connectivity index (χ2v) is 7.55. The predicted octanol–water partition coefficient (Wildman–Crippen LogP) is 3.58. The number of carbonyl (C=O) groups excluding carboxylic acids is 1. The van der Waals surface area contributed by atoms with E-state index >= 15 is 0 Å². The lowest BCUT2D eigenvalue weighted by Gasteiger charge is -2.28. The Bertz CT molecular complexity index is 521. The molecule has 1 aromatic rings. The summed E-state index contributed by atoms with van der Waals surface area (Å²) >= 11 is 5.07. The molecule has 2 rings (SSSR count). The van der Waals surface area contributed by atoms with Crippen LogP contribution in [0.5, 0.6) is 0 Å². The fourth-order valence-corrected chi connectivity index (χ4v) is 3.96. The zero-order valence-corrected chi connectivity index (χ0v) is 14.9. The summed E-state index contributed by atoms with van der Waals surface area (Å²) in [7, 11) is 0. The highest BCUT2D eigenvalue weighted by atomic mass is 79.9. The number of thioether (sulfide) groups is 1. The standard InChI is InChI=1S/C16H22BrNO2S/c1-10-8-15(11(2)7-12(10)17)21-9-16(20)18-13-5-3-4-6-14(13)19/h7-8,13-14,19H,3-6,9H2,1-2H3,(H,18,20). The van der Waals surface area contributed by atoms with E-state index in [0.29, 0.717) is 5.75 Å². The quantitative estimate of drug-likeness (QED) is 0.795. The molecule has 0 aliphatic heterocycles. The summed E-state index contributed by atoms with van der Waals surface area (Å²) in [4.78, 5) is 13.2. The van der Waals surface area contributed by atoms with Crippen molar-refractivity contribution in [3.63, 3.8) is 0 Å². The summed E-state index contributed by atoms with van der Waals surface area (Å²) in [5, 5.41) is 12.9. The average molecular weight is 372 g/mol. The molecule has 1 amide bonds. The first-order valence-electron chi connectivity index (χ1n) is 7.34. The van der Waals surface area contributed by atoms with Crippen LogP contribution in [-0.4, -0.2) is 28.9 Å². The van der Waals surface area contributed by atoms with Gasteiger partial charge in [0.1, 0.15) is 0 Å². The summed E-state index contributed by atoms with van der Waals surface area (Å²) in [6.07, 6.45) is 3.43. The summed E-state index contributed by atoms with van der Waals surface area (Å²) in [5.74, 6) is 0.399. The van der Waals surface area contributed by atoms with Crippen molar-refractivity contribution in [2.24, 2.45) is 0 Å². The van der Waals surface area contributed by atoms with Gasteiger partial charge in [-0.2, -0.15) is 0 Å². The normalized spacial score (nSPS) is 22.1. The predicted molar refractivity (Wildman–Crippen MR) is 90.7 cm³/mol. The molecule has 0 saturated heterocycles. The Hall–Kier alpha value is -0.520. The van der Waals surface area contributed by atoms with Crippen molar-refractivity contribution < 1.29 is 9.90 Å². The molecule has 1 aliphatic carbocycles. The number of rotatable bonds is 4. The lowest BCUT2D eigenvalue weighted by Crippen LogP contribution is -2.45. The Labute approximate surface area is 139 Å². The van der Waals surface area contributed by atoms with Crippen LogP contribution in [-0.2, 0) is 4.79 Å². The van der Waals surface area contributed by atoms with Crippen molar-refractivity contribution in [2.45, 2.75) is 56.6 Å². The van der Waals surface area contributed by atoms with Crippen LogP contribution in [0, 0.1) is 13.8 Å². The number of hydrogen-bond acceptors (Lipinski definition) is 3. The van der Waals surface area contributed by atoms with Crippen molar-refractivity contribution in [3.05, 3.63) is 27.7 Å². The van der Waals surface area contributed by atoms with Crippen LogP contribution in [0.25, 0.3) is 0 Å². The maximum Gasteiger partial charge on any atom is 0.230 e. The van der Waals surface area contributed by atoms with Crippen LogP contribution in [0.2, 0.25) is 0 Å². The van der Waals surface area contributed by atoms with E-state index in [4.69, 9.17) is 0 Å². The van der Waals surface area contributed by atoms with E-state index in [0.717, 1.165) is 35.1 Å². The van der Waals surface area contributed by atoms with Gasteiger partial charge < -0.3 is 10.4 Å². The Morgan fingerprint density at radius 2 is 2.05 bits per heavy atom. The van der Waals surface area contributed by atoms with Gasteiger partial charge in [-0.25, -0.2) is 0 Å². The minimum absolute atomic E-state index is 0.00548. The zero-order chi connectivity index (χ0) is 15.4. The minimum Gasteiger partial charge on any atom is -0.391 e. The van der Waals surface area contributed by atoms with Gasteiger partial charge in [0, 0.05) is 9.37 Å². The Morgan fingerprint density at radius 1 is 1.33 bits per heavy atom. The van der Waals surface area contributed by atoms with Gasteiger partial charge in [-0.05, 0) is 49.9 Å². The highest BCUT2D eigenvalue weighted by molar-refractivity contribution is 9.10. The Kier molecular flexibility index (Phi) is 6.14. The van der Waals surface area contributed by atoms with Gasteiger partial charge in [0.25, 0.3) is 0 Å². The van der Waals surface area contributed by atoms with Crippen LogP contribution < -0.4 is 5.32 Å². The molecule has 0 spiro atoms. The number of amides is 1. The van der Waals surface area contributed by atoms with Crippen LogP contribution >= 0.6 is 27.7 Å². The molecule has 3 nitrogen and oxygen atoms in total. The first-order valence-corrected chi connectivity index (χ1v) is 9.12. The van der Waals surface area contributed by atoms with Crippen LogP contribution in [0.3, 0.4) is 0 Å². The second-order valence-electron chi connectivity index (χ2n) is 5.68. The van der Waals surface area contributed by atoms with E-state index in [1.165, 1.54) is 11.1 Å². The number of aliphatic hydroxyl groups is 1. The van der Waals surface area contributed by atoms with Crippen LogP contribution in [0.4, 0.5) is 0 Å². The van der Waals surface area contributed by atoms with E-state index in [2.05, 4.69) is 40.3 Å². The monoisotopic (exact) mass is 371 g/mol. The number of aryl methyl sites for hydroxylation is 2. The summed E-state index contributed by atoms with van der Waals surface area (Å²) in [5.41, 5.74) is 2.34. The fourth-order valence-electron chi connectivity index (χ4n) is 2.58. The molecule has 1 aromatic carbocycles. The van der Waals surface area contributed by atoms with Gasteiger partial charge in [-0.3, -0.25) is 4.79 Å². The van der Waals surface area contributed by atoms with E-state index in [-0.39, 0.29) is 18.1 Å². The largest absolute Gasteiger partial charge is 0.391 e. The van der Waals surface area contributed by atoms with Gasteiger partial charge in [-0.15, -0.1) is 11.8 Å². The highest BCUT2D eigenvalue weighted by Crippen LogP contribution is 2.28. The van der Waals surface area contributed by atoms with Gasteiger partial charge >= 0.3 is 0 Å². The van der Waals surface area contributed by atoms with Crippen molar-refractivity contribution in [2.75, 3.05) is 5.75 Å². The fraction of sp³-hybridized carbons (Fsp3) is 0.562. The first-order chi connectivity index (χ1) is 9.97. The Balaban J connectivity index is 1.88. The van der Waals surface area contributed by atoms with Gasteiger partial charge in [0.2, 0.25) is 5.91 Å². The van der Waals surface area contributed by atoms with E-state index in [9.17, 15) is 9.90 Å². The van der Waals surface area contributed by atoms with Gasteiger partial charge in [0.05, 0.1) is 17.9 Å². The zero-order valence-electron chi connectivity index (χ0n) is 12.5. The molecule has 116 valence electrons. The minimum atomic E-state index is -0.385. The van der Waals surface area contributed by atoms with E-state index in [1.807, 2.05) is 6.92 Å². The van der Waals surface area contributed by atoms with Gasteiger partial charge in [-0.1, -0.05) is 28.8 Å². The third kappa shape index (κ3) is 4.73. The highest BCUT2D eigenvalue weighted by Gasteiger charge is 2.24. The van der Waals surface area contributed by atoms with Gasteiger partial charge in [0.15, 0.2) is 0 Å². The molecule has 2 atom stereocenters. The third-order valence-corrected chi connectivity index (χ3v) is 5.90. The smallest absolute Gasteiger partial charge is 0.230 e. The number of benzene rings is 1. The third-order valence-electron chi connectivity index (χ3n) is 3.89. The van der Waals surface area contributed by atoms with Crippen molar-refractivity contribution >= 4 is 33.6 Å². The number of nitrogens with one attached hydrogen (secondary N) is 1. The number of aliphatic hydroxyl groups excluding tert-OH is 1. The van der Waals surface area contributed by atoms with Crippen molar-refractivity contribution in [1.82, 2.24) is 5.32 Å². The average Bonchev–Trinajstić information content (AvgIpc) is 2.44. The second kappa shape index (κ2) is 7.65. The maximum atomic E-state index is 12.0. The summed E-state index contributed by atoms with van der Waals surface area (Å²) in [6, 6.07) is 4.12. The summed E-state index contributed by atoms with van der Waals surface area (Å²) in [6.45, 7) is 4.10. The van der Waals surface area contributed by atoms with Crippen LogP contribution in [0.15, 0.2) is 21.5 Å². The molecule has 1 aliphatic rings. The molecule has 1 saturated carbocycles. The lowest BCUT2D eigenvalue weighted by molar-refractivity contribution is -0.120. The maximum absolute atomic E-state index is 12.0. The lowest BCUT2D eigenvalue weighted by atomic mass is 9.93. The molecule has 0 radical (unpaired) electrons. The molecular weight excluding hydrogens is 350 g/mol. The van der Waals surface area contributed by atoms with Crippen molar-refractivity contribution in [3.8, 4) is 0 Å². The van der Waals surface area contributed by atoms with E-state index < -0.39 is 0 Å². The van der Waals surface area contributed by atoms with Crippen LogP contribution in [0.1, 0.15) is 36.8 Å². The molecular formula is C16H22BrNO2S. The molecule has 1 fully saturated rings. The molecule has 0 aromatic heterocycles. The molecule has 21 heavy (non-hydrogen) atoms. The van der Waals surface area contributed by atoms with Crippen molar-refractivity contribution in [1.29, 1.82) is 0 Å². The number of halogens is 1. The number of hydrogen-bond donors (Lipinski definition) is 2. The topological polar surface area (TPSA) is 49.3 Å². The van der Waals surface area contributed by atoms with E-state index in [1.54, 1.807) is 11.8 Å². The molecule has 2 unspecified atom stereocenters. The molecule has 2 N–H and O–H groups in total. The summed E-state index contributed by atoms with van der Waals surface area (Å²) < 4.78 is 1.10. The molecule has 0 heterocycles. The SMILES string of the molecule is Cc1cc(SCC(=O)NC2CCCCC2O)c(C)cc1Br. The molecule has 5 heteroatoms. The first kappa shape index (κ1) is 16.8. The molecule has 0 bridgehead atoms.